The van der Waals surface area contributed by atoms with Crippen LogP contribution in [0.1, 0.15) is 25.8 Å². The molecule has 0 saturated heterocycles. The van der Waals surface area contributed by atoms with Crippen molar-refractivity contribution in [2.45, 2.75) is 32.9 Å². The molecule has 1 aromatic carbocycles. The predicted octanol–water partition coefficient (Wildman–Crippen LogP) is 3.16. The minimum atomic E-state index is -0.329. The predicted molar refractivity (Wildman–Crippen MR) is 143 cm³/mol. The third-order valence-electron chi connectivity index (χ3n) is 7.59. The van der Waals surface area contributed by atoms with Crippen molar-refractivity contribution in [3.63, 3.8) is 0 Å². The summed E-state index contributed by atoms with van der Waals surface area (Å²) >= 11 is 6.44. The Balaban J connectivity index is 1.45. The Bertz CT molecular complexity index is 1250. The first-order chi connectivity index (χ1) is 17.8. The summed E-state index contributed by atoms with van der Waals surface area (Å²) in [5.41, 5.74) is 8.18. The Kier molecular flexibility index (Phi) is 6.96. The van der Waals surface area contributed by atoms with E-state index in [1.54, 1.807) is 12.0 Å². The molecule has 0 unspecified atom stereocenters. The highest BCUT2D eigenvalue weighted by Gasteiger charge is 2.47. The highest BCUT2D eigenvalue weighted by atomic mass is 35.5. The van der Waals surface area contributed by atoms with Crippen LogP contribution >= 0.6 is 11.6 Å². The van der Waals surface area contributed by atoms with Gasteiger partial charge in [-0.15, -0.1) is 0 Å². The van der Waals surface area contributed by atoms with Crippen LogP contribution in [0.5, 0.6) is 5.75 Å². The molecule has 2 heterocycles. The van der Waals surface area contributed by atoms with Gasteiger partial charge < -0.3 is 26.0 Å². The van der Waals surface area contributed by atoms with Crippen LogP contribution in [0, 0.1) is 17.8 Å². The number of likely N-dealkylation sites (N-methyl/N-ethyl adjacent to an activating group) is 2. The van der Waals surface area contributed by atoms with Crippen molar-refractivity contribution >= 4 is 46.6 Å². The molecule has 196 valence electrons. The van der Waals surface area contributed by atoms with Crippen LogP contribution in [0.15, 0.2) is 30.5 Å². The number of methoxy groups -OCH3 is 1. The number of rotatable bonds is 8. The quantitative estimate of drug-likeness (QED) is 0.449. The Labute approximate surface area is 221 Å². The van der Waals surface area contributed by atoms with Gasteiger partial charge >= 0.3 is 0 Å². The minimum Gasteiger partial charge on any atom is -0.495 e. The number of nitrogens with zero attached hydrogens (tertiary/aromatic N) is 4. The molecule has 4 N–H and O–H groups in total. The number of allylic oxidation sites excluding steroid dienone is 1. The number of aromatic nitrogens is 2. The van der Waals surface area contributed by atoms with Gasteiger partial charge in [-0.2, -0.15) is 4.98 Å². The number of carbonyl (C=O) groups excluding carboxylic acids is 2. The Morgan fingerprint density at radius 3 is 2.70 bits per heavy atom. The zero-order valence-corrected chi connectivity index (χ0v) is 22.0. The van der Waals surface area contributed by atoms with Crippen molar-refractivity contribution in [1.29, 1.82) is 0 Å². The average Bonchev–Trinajstić information content (AvgIpc) is 3.45. The van der Waals surface area contributed by atoms with Gasteiger partial charge in [-0.1, -0.05) is 30.7 Å². The number of anilines is 4. The number of nitrogens with one attached hydrogen (secondary N) is 2. The molecule has 0 spiro atoms. The lowest BCUT2D eigenvalue weighted by Crippen LogP contribution is -2.41. The number of amides is 2. The second-order valence-corrected chi connectivity index (χ2v) is 10.1. The number of nitrogens with two attached hydrogens (primary N) is 1. The average molecular weight is 526 g/mol. The van der Waals surface area contributed by atoms with Crippen LogP contribution in [0.25, 0.3) is 0 Å². The van der Waals surface area contributed by atoms with Crippen molar-refractivity contribution in [3.8, 4) is 5.75 Å². The van der Waals surface area contributed by atoms with E-state index in [0.717, 1.165) is 24.2 Å². The molecular formula is C26H32ClN7O3. The summed E-state index contributed by atoms with van der Waals surface area (Å²) in [5, 5.41) is 6.93. The zero-order chi connectivity index (χ0) is 26.3. The molecule has 10 nitrogen and oxygen atoms in total. The molecular weight excluding hydrogens is 494 g/mol. The molecule has 2 aromatic rings. The summed E-state index contributed by atoms with van der Waals surface area (Å²) in [5.74, 6) is 1.07. The summed E-state index contributed by atoms with van der Waals surface area (Å²) in [6, 6.07) is 3.68. The molecule has 1 aromatic heterocycles. The highest BCUT2D eigenvalue weighted by molar-refractivity contribution is 6.32. The van der Waals surface area contributed by atoms with Gasteiger partial charge in [0.2, 0.25) is 17.8 Å². The van der Waals surface area contributed by atoms with Crippen LogP contribution in [-0.2, 0) is 16.1 Å². The van der Waals surface area contributed by atoms with E-state index < -0.39 is 0 Å². The van der Waals surface area contributed by atoms with Crippen molar-refractivity contribution in [1.82, 2.24) is 14.9 Å². The maximum absolute atomic E-state index is 12.9. The van der Waals surface area contributed by atoms with E-state index in [4.69, 9.17) is 22.1 Å². The van der Waals surface area contributed by atoms with E-state index in [1.807, 2.05) is 26.0 Å². The van der Waals surface area contributed by atoms with Crippen LogP contribution in [-0.4, -0.2) is 59.5 Å². The Morgan fingerprint density at radius 2 is 2.00 bits per heavy atom. The van der Waals surface area contributed by atoms with Crippen molar-refractivity contribution in [3.05, 3.63) is 41.1 Å². The van der Waals surface area contributed by atoms with E-state index in [0.29, 0.717) is 47.9 Å². The van der Waals surface area contributed by atoms with Gasteiger partial charge in [0.05, 0.1) is 37.1 Å². The van der Waals surface area contributed by atoms with E-state index in [9.17, 15) is 9.59 Å². The first-order valence-electron chi connectivity index (χ1n) is 12.6. The third kappa shape index (κ3) is 4.71. The first-order valence-corrected chi connectivity index (χ1v) is 13.0. The number of fused-ring (bicyclic) bond motifs is 3. The maximum atomic E-state index is 12.9. The molecule has 1 saturated carbocycles. The molecule has 2 aliphatic carbocycles. The first kappa shape index (κ1) is 25.3. The molecule has 1 aliphatic heterocycles. The summed E-state index contributed by atoms with van der Waals surface area (Å²) in [6.07, 6.45) is 6.59. The summed E-state index contributed by atoms with van der Waals surface area (Å²) in [6.45, 7) is 6.35. The van der Waals surface area contributed by atoms with Crippen molar-refractivity contribution < 1.29 is 14.3 Å². The highest BCUT2D eigenvalue weighted by Crippen LogP contribution is 2.45. The lowest BCUT2D eigenvalue weighted by molar-refractivity contribution is -0.122. The second kappa shape index (κ2) is 10.2. The summed E-state index contributed by atoms with van der Waals surface area (Å²) in [4.78, 5) is 37.9. The molecule has 2 bridgehead atoms. The van der Waals surface area contributed by atoms with Crippen LogP contribution in [0.3, 0.4) is 0 Å². The SMILES string of the molecule is CCN1CC(=O)N(CC)c2cc(Nc3ncc(Cl)c(N[C@H]4[C@@H](C(N)=O)[C@@H]5C=C[C@H]4C5)n3)c(OC)cc2C1. The van der Waals surface area contributed by atoms with Crippen LogP contribution in [0.4, 0.5) is 23.1 Å². The topological polar surface area (TPSA) is 126 Å². The second-order valence-electron chi connectivity index (χ2n) is 9.68. The van der Waals surface area contributed by atoms with Crippen molar-refractivity contribution in [2.75, 3.05) is 42.3 Å². The van der Waals surface area contributed by atoms with E-state index >= 15 is 0 Å². The number of primary amides is 1. The number of hydrogen-bond donors (Lipinski definition) is 3. The molecule has 0 radical (unpaired) electrons. The largest absolute Gasteiger partial charge is 0.495 e. The lowest BCUT2D eigenvalue weighted by Gasteiger charge is -2.27. The van der Waals surface area contributed by atoms with Crippen molar-refractivity contribution in [2.24, 2.45) is 23.5 Å². The normalized spacial score (nSPS) is 24.6. The van der Waals surface area contributed by atoms with Gasteiger partial charge in [0, 0.05) is 19.1 Å². The fourth-order valence-corrected chi connectivity index (χ4v) is 5.89. The number of halogens is 1. The lowest BCUT2D eigenvalue weighted by atomic mass is 9.88. The fourth-order valence-electron chi connectivity index (χ4n) is 5.75. The van der Waals surface area contributed by atoms with Gasteiger partial charge in [-0.25, -0.2) is 4.98 Å². The van der Waals surface area contributed by atoms with Gasteiger partial charge in [0.25, 0.3) is 0 Å². The van der Waals surface area contributed by atoms with Gasteiger partial charge in [0.15, 0.2) is 5.82 Å². The summed E-state index contributed by atoms with van der Waals surface area (Å²) in [7, 11) is 1.60. The Morgan fingerprint density at radius 1 is 1.22 bits per heavy atom. The third-order valence-corrected chi connectivity index (χ3v) is 7.87. The van der Waals surface area contributed by atoms with E-state index in [-0.39, 0.29) is 35.6 Å². The zero-order valence-electron chi connectivity index (χ0n) is 21.2. The number of hydrogen-bond acceptors (Lipinski definition) is 8. The minimum absolute atomic E-state index is 0.0531. The fraction of sp³-hybridized carbons (Fsp3) is 0.462. The molecule has 37 heavy (non-hydrogen) atoms. The van der Waals surface area contributed by atoms with Crippen LogP contribution in [0.2, 0.25) is 5.02 Å². The maximum Gasteiger partial charge on any atom is 0.241 e. The monoisotopic (exact) mass is 525 g/mol. The number of carbonyl (C=O) groups is 2. The number of ether oxygens (including phenoxy) is 1. The molecule has 11 heteroatoms. The molecule has 3 aliphatic rings. The molecule has 4 atom stereocenters. The molecule has 2 amide bonds. The van der Waals surface area contributed by atoms with E-state index in [1.165, 1.54) is 6.20 Å². The summed E-state index contributed by atoms with van der Waals surface area (Å²) < 4.78 is 5.68. The standard InChI is InChI=1S/C26H32ClN7O3/c1-4-33-12-16-9-20(37-3)18(10-19(16)34(5-2)21(35)13-33)30-26-29-11-17(27)25(32-26)31-23-15-7-6-14(8-15)22(23)24(28)36/h6-7,9-11,14-15,22-23H,4-5,8,12-13H2,1-3H3,(H2,28,36)(H2,29,30,31,32)/t14-,15+,22+,23-/m1/s1. The Hall–Kier alpha value is -3.37. The van der Waals surface area contributed by atoms with Crippen LogP contribution < -0.4 is 26.0 Å². The van der Waals surface area contributed by atoms with Gasteiger partial charge in [-0.05, 0) is 49.4 Å². The molecule has 5 rings (SSSR count). The number of benzene rings is 1. The van der Waals surface area contributed by atoms with E-state index in [2.05, 4.69) is 37.7 Å². The van der Waals surface area contributed by atoms with Gasteiger partial charge in [-0.3, -0.25) is 14.5 Å². The molecule has 1 fully saturated rings. The van der Waals surface area contributed by atoms with Gasteiger partial charge in [0.1, 0.15) is 10.8 Å². The smallest absolute Gasteiger partial charge is 0.241 e.